The van der Waals surface area contributed by atoms with Crippen LogP contribution in [0.1, 0.15) is 54.4 Å². The van der Waals surface area contributed by atoms with E-state index in [-0.39, 0.29) is 5.91 Å². The quantitative estimate of drug-likeness (QED) is 0.543. The molecule has 2 N–H and O–H groups in total. The van der Waals surface area contributed by atoms with Gasteiger partial charge in [0, 0.05) is 28.9 Å². The average molecular weight is 401 g/mol. The van der Waals surface area contributed by atoms with E-state index >= 15 is 0 Å². The molecule has 3 aromatic rings. The number of benzene rings is 2. The first kappa shape index (κ1) is 20.1. The van der Waals surface area contributed by atoms with E-state index in [1.165, 1.54) is 31.2 Å². The highest BCUT2D eigenvalue weighted by Gasteiger charge is 2.15. The summed E-state index contributed by atoms with van der Waals surface area (Å²) >= 11 is 0. The van der Waals surface area contributed by atoms with Gasteiger partial charge in [-0.1, -0.05) is 49.4 Å². The minimum Gasteiger partial charge on any atom is -0.349 e. The van der Waals surface area contributed by atoms with Gasteiger partial charge in [0.05, 0.1) is 5.69 Å². The van der Waals surface area contributed by atoms with Crippen molar-refractivity contribution in [1.29, 1.82) is 0 Å². The first-order valence-corrected chi connectivity index (χ1v) is 10.7. The molecule has 1 aromatic heterocycles. The molecule has 1 aliphatic rings. The summed E-state index contributed by atoms with van der Waals surface area (Å²) in [6.45, 7) is 2.07. The zero-order valence-electron chi connectivity index (χ0n) is 17.4. The molecule has 1 amide bonds. The molecule has 0 saturated heterocycles. The van der Waals surface area contributed by atoms with Gasteiger partial charge in [-0.3, -0.25) is 4.79 Å². The van der Waals surface area contributed by atoms with Crippen LogP contribution in [0, 0.1) is 6.92 Å². The Morgan fingerprint density at radius 1 is 0.933 bits per heavy atom. The summed E-state index contributed by atoms with van der Waals surface area (Å²) in [5, 5.41) is 6.50. The lowest BCUT2D eigenvalue weighted by molar-refractivity contribution is 0.0933. The highest BCUT2D eigenvalue weighted by atomic mass is 16.1. The third-order valence-corrected chi connectivity index (χ3v) is 5.59. The summed E-state index contributed by atoms with van der Waals surface area (Å²) in [5.74, 6) is 0.731. The van der Waals surface area contributed by atoms with E-state index in [9.17, 15) is 4.79 Å². The summed E-state index contributed by atoms with van der Waals surface area (Å²) in [5.41, 5.74) is 4.70. The summed E-state index contributed by atoms with van der Waals surface area (Å²) in [4.78, 5) is 21.3. The van der Waals surface area contributed by atoms with Crippen LogP contribution in [-0.4, -0.2) is 21.9 Å². The second-order valence-electron chi connectivity index (χ2n) is 8.02. The number of carbonyl (C=O) groups is 1. The summed E-state index contributed by atoms with van der Waals surface area (Å²) < 4.78 is 0. The molecule has 1 aliphatic carbocycles. The first-order chi connectivity index (χ1) is 14.7. The lowest BCUT2D eigenvalue weighted by Gasteiger charge is -2.16. The molecular weight excluding hydrogens is 372 g/mol. The lowest BCUT2D eigenvalue weighted by atomic mass is 10.1. The van der Waals surface area contributed by atoms with Crippen molar-refractivity contribution in [1.82, 2.24) is 15.3 Å². The molecule has 1 fully saturated rings. The summed E-state index contributed by atoms with van der Waals surface area (Å²) in [7, 11) is 0. The van der Waals surface area contributed by atoms with Gasteiger partial charge in [0.1, 0.15) is 12.1 Å². The highest BCUT2D eigenvalue weighted by Crippen LogP contribution is 2.22. The van der Waals surface area contributed by atoms with Gasteiger partial charge >= 0.3 is 0 Å². The summed E-state index contributed by atoms with van der Waals surface area (Å²) in [6, 6.07) is 18.0. The van der Waals surface area contributed by atoms with Crippen molar-refractivity contribution in [2.24, 2.45) is 0 Å². The smallest absolute Gasteiger partial charge is 0.251 e. The molecule has 0 atom stereocenters. The van der Waals surface area contributed by atoms with Crippen molar-refractivity contribution in [3.8, 4) is 11.3 Å². The monoisotopic (exact) mass is 400 g/mol. The SMILES string of the molecule is Cc1cccc(-c2cc(Nc3ccc(C(=O)NC4CCCCCC4)cc3)ncn2)c1. The van der Waals surface area contributed by atoms with Gasteiger partial charge in [-0.25, -0.2) is 9.97 Å². The Bertz CT molecular complexity index is 992. The third kappa shape index (κ3) is 5.23. The minimum atomic E-state index is 0.0113. The number of anilines is 2. The third-order valence-electron chi connectivity index (χ3n) is 5.59. The molecule has 2 aromatic carbocycles. The molecule has 0 spiro atoms. The Balaban J connectivity index is 1.41. The highest BCUT2D eigenvalue weighted by molar-refractivity contribution is 5.94. The predicted octanol–water partition coefficient (Wildman–Crippen LogP) is 5.65. The number of hydrogen-bond donors (Lipinski definition) is 2. The van der Waals surface area contributed by atoms with Crippen LogP contribution in [0.25, 0.3) is 11.3 Å². The molecular formula is C25H28N4O. The van der Waals surface area contributed by atoms with E-state index in [0.29, 0.717) is 11.6 Å². The Morgan fingerprint density at radius 3 is 2.43 bits per heavy atom. The second-order valence-corrected chi connectivity index (χ2v) is 8.02. The first-order valence-electron chi connectivity index (χ1n) is 10.7. The van der Waals surface area contributed by atoms with Gasteiger partial charge in [-0.2, -0.15) is 0 Å². The van der Waals surface area contributed by atoms with E-state index in [1.54, 1.807) is 6.33 Å². The van der Waals surface area contributed by atoms with Crippen molar-refractivity contribution < 1.29 is 4.79 Å². The molecule has 0 radical (unpaired) electrons. The second kappa shape index (κ2) is 9.53. The Morgan fingerprint density at radius 2 is 1.70 bits per heavy atom. The van der Waals surface area contributed by atoms with E-state index in [2.05, 4.69) is 39.7 Å². The fourth-order valence-corrected chi connectivity index (χ4v) is 3.93. The Labute approximate surface area is 178 Å². The molecule has 0 unspecified atom stereocenters. The van der Waals surface area contributed by atoms with Crippen molar-refractivity contribution in [3.05, 3.63) is 72.1 Å². The Hall–Kier alpha value is -3.21. The van der Waals surface area contributed by atoms with Crippen LogP contribution in [0.2, 0.25) is 0 Å². The van der Waals surface area contributed by atoms with Crippen LogP contribution in [0.3, 0.4) is 0 Å². The number of nitrogens with zero attached hydrogens (tertiary/aromatic N) is 2. The van der Waals surface area contributed by atoms with Gasteiger partial charge in [0.2, 0.25) is 0 Å². The molecule has 4 rings (SSSR count). The zero-order chi connectivity index (χ0) is 20.8. The van der Waals surface area contributed by atoms with Gasteiger partial charge in [-0.15, -0.1) is 0 Å². The lowest BCUT2D eigenvalue weighted by Crippen LogP contribution is -2.34. The maximum absolute atomic E-state index is 12.6. The van der Waals surface area contributed by atoms with Crippen LogP contribution >= 0.6 is 0 Å². The van der Waals surface area contributed by atoms with E-state index in [0.717, 1.165) is 35.6 Å². The molecule has 1 heterocycles. The number of nitrogens with one attached hydrogen (secondary N) is 2. The van der Waals surface area contributed by atoms with Gasteiger partial charge in [0.25, 0.3) is 5.91 Å². The maximum Gasteiger partial charge on any atom is 0.251 e. The van der Waals surface area contributed by atoms with Crippen LogP contribution in [0.4, 0.5) is 11.5 Å². The van der Waals surface area contributed by atoms with Gasteiger partial charge < -0.3 is 10.6 Å². The number of carbonyl (C=O) groups excluding carboxylic acids is 1. The fraction of sp³-hybridized carbons (Fsp3) is 0.320. The number of rotatable bonds is 5. The molecule has 5 heteroatoms. The Kier molecular flexibility index (Phi) is 6.38. The summed E-state index contributed by atoms with van der Waals surface area (Å²) in [6.07, 6.45) is 8.70. The molecule has 5 nitrogen and oxygen atoms in total. The number of aryl methyl sites for hydroxylation is 1. The maximum atomic E-state index is 12.6. The van der Waals surface area contributed by atoms with Crippen LogP contribution in [0.15, 0.2) is 60.9 Å². The molecule has 0 bridgehead atoms. The topological polar surface area (TPSA) is 66.9 Å². The largest absolute Gasteiger partial charge is 0.349 e. The minimum absolute atomic E-state index is 0.0113. The van der Waals surface area contributed by atoms with Crippen LogP contribution in [-0.2, 0) is 0 Å². The fourth-order valence-electron chi connectivity index (χ4n) is 3.93. The van der Waals surface area contributed by atoms with Crippen LogP contribution in [0.5, 0.6) is 0 Å². The van der Waals surface area contributed by atoms with Crippen molar-refractivity contribution in [2.75, 3.05) is 5.32 Å². The average Bonchev–Trinajstić information content (AvgIpc) is 3.03. The standard InChI is InChI=1S/C25H28N4O/c1-18-7-6-8-20(15-18)23-16-24(27-17-26-23)28-22-13-11-19(12-14-22)25(30)29-21-9-4-2-3-5-10-21/h6-8,11-17,21H,2-5,9-10H2,1H3,(H,29,30)(H,26,27,28). The van der Waals surface area contributed by atoms with Gasteiger partial charge in [0.15, 0.2) is 0 Å². The molecule has 1 saturated carbocycles. The van der Waals surface area contributed by atoms with Crippen molar-refractivity contribution >= 4 is 17.4 Å². The number of amides is 1. The van der Waals surface area contributed by atoms with Crippen molar-refractivity contribution in [2.45, 2.75) is 51.5 Å². The van der Waals surface area contributed by atoms with Gasteiger partial charge in [-0.05, 0) is 50.1 Å². The zero-order valence-corrected chi connectivity index (χ0v) is 17.4. The number of aromatic nitrogens is 2. The van der Waals surface area contributed by atoms with E-state index in [4.69, 9.17) is 0 Å². The normalized spacial score (nSPS) is 14.7. The van der Waals surface area contributed by atoms with Crippen LogP contribution < -0.4 is 10.6 Å². The predicted molar refractivity (Wildman–Crippen MR) is 121 cm³/mol. The molecule has 154 valence electrons. The molecule has 0 aliphatic heterocycles. The molecule has 30 heavy (non-hydrogen) atoms. The van der Waals surface area contributed by atoms with E-state index in [1.807, 2.05) is 42.5 Å². The van der Waals surface area contributed by atoms with Crippen molar-refractivity contribution in [3.63, 3.8) is 0 Å². The number of hydrogen-bond acceptors (Lipinski definition) is 4. The van der Waals surface area contributed by atoms with E-state index < -0.39 is 0 Å².